The first kappa shape index (κ1) is 23.2. The van der Waals surface area contributed by atoms with Gasteiger partial charge in [0.2, 0.25) is 0 Å². The Labute approximate surface area is 205 Å². The lowest BCUT2D eigenvalue weighted by molar-refractivity contribution is 0.170. The Balaban J connectivity index is 1.50. The normalized spacial score (nSPS) is 16.4. The van der Waals surface area contributed by atoms with E-state index in [0.29, 0.717) is 30.5 Å². The molecule has 1 aromatic carbocycles. The Morgan fingerprint density at radius 1 is 1.12 bits per heavy atom. The molecule has 3 aromatic rings. The Morgan fingerprint density at radius 3 is 2.59 bits per heavy atom. The lowest BCUT2D eigenvalue weighted by atomic mass is 9.97. The zero-order valence-corrected chi connectivity index (χ0v) is 21.1. The molecule has 34 heavy (non-hydrogen) atoms. The molecular weight excluding hydrogens is 448 g/mol. The second kappa shape index (κ2) is 9.62. The first-order valence-corrected chi connectivity index (χ1v) is 13.0. The number of hydrogen-bond donors (Lipinski definition) is 2. The minimum Gasteiger partial charge on any atom is -0.486 e. The lowest BCUT2D eigenvalue weighted by Crippen LogP contribution is -2.36. The maximum absolute atomic E-state index is 6.18. The fourth-order valence-electron chi connectivity index (χ4n) is 4.74. The minimum atomic E-state index is 0.0859. The van der Waals surface area contributed by atoms with Gasteiger partial charge in [-0.3, -0.25) is 0 Å². The van der Waals surface area contributed by atoms with Gasteiger partial charge in [-0.15, -0.1) is 0 Å². The van der Waals surface area contributed by atoms with E-state index in [1.807, 2.05) is 0 Å². The van der Waals surface area contributed by atoms with Crippen molar-refractivity contribution in [1.82, 2.24) is 24.8 Å². The van der Waals surface area contributed by atoms with Crippen molar-refractivity contribution in [1.29, 1.82) is 0 Å². The number of fused-ring (bicyclic) bond motifs is 2. The number of ether oxygens (including phenoxy) is 2. The quantitative estimate of drug-likeness (QED) is 0.465. The number of imidazole rings is 1. The van der Waals surface area contributed by atoms with Crippen LogP contribution in [0.4, 0.5) is 5.82 Å². The molecule has 0 unspecified atom stereocenters. The number of hydrogen-bond acceptors (Lipinski definition) is 8. The molecule has 1 aliphatic carbocycles. The van der Waals surface area contributed by atoms with Gasteiger partial charge in [-0.2, -0.15) is 0 Å². The van der Waals surface area contributed by atoms with Crippen LogP contribution in [0.5, 0.6) is 11.5 Å². The highest BCUT2D eigenvalue weighted by atomic mass is 32.2. The third-order valence-corrected chi connectivity index (χ3v) is 7.48. The largest absolute Gasteiger partial charge is 0.486 e. The Hall–Kier alpha value is -2.52. The van der Waals surface area contributed by atoms with Crippen LogP contribution in [0.2, 0.25) is 0 Å². The molecule has 8 nitrogen and oxygen atoms in total. The molecule has 0 radical (unpaired) electrons. The molecule has 1 fully saturated rings. The van der Waals surface area contributed by atoms with Crippen LogP contribution < -0.4 is 20.5 Å². The molecule has 0 saturated heterocycles. The maximum atomic E-state index is 6.18. The third-order valence-electron chi connectivity index (χ3n) is 6.41. The third kappa shape index (κ3) is 4.95. The van der Waals surface area contributed by atoms with Crippen molar-refractivity contribution in [3.8, 4) is 11.5 Å². The summed E-state index contributed by atoms with van der Waals surface area (Å²) in [5, 5.41) is 4.45. The van der Waals surface area contributed by atoms with Crippen molar-refractivity contribution in [3.05, 3.63) is 24.0 Å². The molecule has 9 heteroatoms. The highest BCUT2D eigenvalue weighted by Gasteiger charge is 2.26. The van der Waals surface area contributed by atoms with Gasteiger partial charge >= 0.3 is 0 Å². The second-order valence-electron chi connectivity index (χ2n) is 10.1. The van der Waals surface area contributed by atoms with Crippen LogP contribution in [0.15, 0.2) is 28.5 Å². The van der Waals surface area contributed by atoms with Crippen molar-refractivity contribution < 1.29 is 9.47 Å². The summed E-state index contributed by atoms with van der Waals surface area (Å²) in [6.07, 6.45) is 7.44. The average Bonchev–Trinajstić information content (AvgIpc) is 3.45. The van der Waals surface area contributed by atoms with Gasteiger partial charge in [0.25, 0.3) is 0 Å². The van der Waals surface area contributed by atoms with Crippen LogP contribution >= 0.6 is 11.8 Å². The number of aryl methyl sites for hydroxylation is 1. The molecule has 182 valence electrons. The summed E-state index contributed by atoms with van der Waals surface area (Å²) in [6.45, 7) is 9.42. The molecule has 1 aliphatic heterocycles. The predicted octanol–water partition coefficient (Wildman–Crippen LogP) is 4.77. The number of nitrogen functional groups attached to an aromatic ring is 1. The van der Waals surface area contributed by atoms with Crippen LogP contribution in [0, 0.1) is 0 Å². The molecule has 2 aromatic heterocycles. The first-order chi connectivity index (χ1) is 16.4. The van der Waals surface area contributed by atoms with Crippen LogP contribution in [-0.2, 0) is 6.54 Å². The smallest absolute Gasteiger partial charge is 0.175 e. The number of nitrogens with zero attached hydrogens (tertiary/aromatic N) is 4. The van der Waals surface area contributed by atoms with E-state index in [9.17, 15) is 0 Å². The van der Waals surface area contributed by atoms with Crippen LogP contribution in [-0.4, -0.2) is 44.8 Å². The van der Waals surface area contributed by atoms with Crippen LogP contribution in [0.3, 0.4) is 0 Å². The van der Waals surface area contributed by atoms with Gasteiger partial charge < -0.3 is 25.1 Å². The van der Waals surface area contributed by atoms with Gasteiger partial charge in [0.15, 0.2) is 33.6 Å². The Kier molecular flexibility index (Phi) is 6.57. The summed E-state index contributed by atoms with van der Waals surface area (Å²) >= 11 is 1.67. The monoisotopic (exact) mass is 482 g/mol. The molecule has 0 atom stereocenters. The average molecular weight is 483 g/mol. The van der Waals surface area contributed by atoms with E-state index in [1.165, 1.54) is 42.5 Å². The van der Waals surface area contributed by atoms with Gasteiger partial charge in [-0.1, -0.05) is 24.6 Å². The van der Waals surface area contributed by atoms with E-state index in [2.05, 4.69) is 52.8 Å². The van der Waals surface area contributed by atoms with E-state index in [4.69, 9.17) is 20.2 Å². The highest BCUT2D eigenvalue weighted by Crippen LogP contribution is 2.46. The summed E-state index contributed by atoms with van der Waals surface area (Å²) in [7, 11) is 0. The molecular formula is C25H34N6O2S. The summed E-state index contributed by atoms with van der Waals surface area (Å²) in [5.74, 6) is 2.62. The van der Waals surface area contributed by atoms with E-state index in [0.717, 1.165) is 41.8 Å². The fourth-order valence-corrected chi connectivity index (χ4v) is 5.87. The number of benzene rings is 1. The van der Waals surface area contributed by atoms with Crippen molar-refractivity contribution in [2.45, 2.75) is 80.9 Å². The van der Waals surface area contributed by atoms with Gasteiger partial charge in [0, 0.05) is 17.0 Å². The van der Waals surface area contributed by atoms with Crippen molar-refractivity contribution in [3.63, 3.8) is 0 Å². The van der Waals surface area contributed by atoms with E-state index in [1.54, 1.807) is 11.8 Å². The molecule has 3 heterocycles. The van der Waals surface area contributed by atoms with Gasteiger partial charge in [-0.05, 0) is 70.2 Å². The zero-order valence-electron chi connectivity index (χ0n) is 20.3. The maximum Gasteiger partial charge on any atom is 0.175 e. The number of aromatic nitrogens is 4. The van der Waals surface area contributed by atoms with E-state index in [-0.39, 0.29) is 5.54 Å². The van der Waals surface area contributed by atoms with Crippen molar-refractivity contribution in [2.75, 3.05) is 25.5 Å². The Bertz CT molecular complexity index is 1170. The molecule has 5 rings (SSSR count). The second-order valence-corrected chi connectivity index (χ2v) is 11.1. The summed E-state index contributed by atoms with van der Waals surface area (Å²) < 4.78 is 14.0. The first-order valence-electron chi connectivity index (χ1n) is 12.2. The standard InChI is InChI=1S/C25H34N6O2S/c1-25(2,3)29-9-6-10-31-23-21(22(26)27-15-28-23)30-24(31)34-20-14-19-18(32-11-12-33-19)13-17(20)16-7-4-5-8-16/h13-16,29H,4-12H2,1-3H3,(H2,26,27,28). The zero-order chi connectivity index (χ0) is 23.7. The highest BCUT2D eigenvalue weighted by molar-refractivity contribution is 7.99. The number of rotatable bonds is 7. The molecule has 0 spiro atoms. The summed E-state index contributed by atoms with van der Waals surface area (Å²) in [5.41, 5.74) is 9.04. The molecule has 0 amide bonds. The molecule has 1 saturated carbocycles. The SMILES string of the molecule is CC(C)(C)NCCCn1c(Sc2cc3c(cc2C2CCCC2)OCCO3)nc2c(N)ncnc21. The minimum absolute atomic E-state index is 0.0859. The molecule has 3 N–H and O–H groups in total. The number of nitrogens with two attached hydrogens (primary N) is 1. The molecule has 2 aliphatic rings. The fraction of sp³-hybridized carbons (Fsp3) is 0.560. The van der Waals surface area contributed by atoms with Gasteiger partial charge in [0.05, 0.1) is 0 Å². The predicted molar refractivity (Wildman–Crippen MR) is 135 cm³/mol. The van der Waals surface area contributed by atoms with Crippen LogP contribution in [0.25, 0.3) is 11.2 Å². The van der Waals surface area contributed by atoms with Crippen molar-refractivity contribution >= 4 is 28.7 Å². The van der Waals surface area contributed by atoms with Crippen molar-refractivity contribution in [2.24, 2.45) is 0 Å². The van der Waals surface area contributed by atoms with E-state index >= 15 is 0 Å². The summed E-state index contributed by atoms with van der Waals surface area (Å²) in [6, 6.07) is 4.33. The van der Waals surface area contributed by atoms with Crippen LogP contribution in [0.1, 0.15) is 64.4 Å². The van der Waals surface area contributed by atoms with Gasteiger partial charge in [-0.25, -0.2) is 15.0 Å². The topological polar surface area (TPSA) is 100 Å². The van der Waals surface area contributed by atoms with E-state index < -0.39 is 0 Å². The number of nitrogens with one attached hydrogen (secondary N) is 1. The van der Waals surface area contributed by atoms with Gasteiger partial charge in [0.1, 0.15) is 19.5 Å². The number of anilines is 1. The molecule has 0 bridgehead atoms. The lowest BCUT2D eigenvalue weighted by Gasteiger charge is -2.23. The summed E-state index contributed by atoms with van der Waals surface area (Å²) in [4.78, 5) is 14.8. The Morgan fingerprint density at radius 2 is 1.85 bits per heavy atom.